The van der Waals surface area contributed by atoms with Crippen molar-refractivity contribution in [2.75, 3.05) is 19.8 Å². The number of unbranched alkanes of at least 4 members (excludes halogenated alkanes) is 3. The normalized spacial score (nSPS) is 9.47. The molecule has 0 aliphatic carbocycles. The summed E-state index contributed by atoms with van der Waals surface area (Å²) in [6, 6.07) is 0. The second-order valence-corrected chi connectivity index (χ2v) is 5.40. The van der Waals surface area contributed by atoms with Crippen LogP contribution in [-0.2, 0) is 28.7 Å². The Bertz CT molecular complexity index is 459. The third kappa shape index (κ3) is 40.7. The molecular weight excluding hydrogens is 506 g/mol. The average molecular weight is 537 g/mol. The predicted octanol–water partition coefficient (Wildman–Crippen LogP) is -0.962. The molecular formula is C20H31O9Sb. The van der Waals surface area contributed by atoms with Crippen molar-refractivity contribution in [1.82, 2.24) is 0 Å². The van der Waals surface area contributed by atoms with Gasteiger partial charge in [0.15, 0.2) is 0 Å². The van der Waals surface area contributed by atoms with E-state index in [9.17, 15) is 34.5 Å². The van der Waals surface area contributed by atoms with Crippen molar-refractivity contribution >= 4 is 48.3 Å². The first-order valence-electron chi connectivity index (χ1n) is 9.44. The third-order valence-corrected chi connectivity index (χ3v) is 2.69. The quantitative estimate of drug-likeness (QED) is 0.132. The zero-order valence-corrected chi connectivity index (χ0v) is 20.3. The van der Waals surface area contributed by atoms with Gasteiger partial charge in [0, 0.05) is 12.2 Å². The maximum Gasteiger partial charge on any atom is 3.00 e. The van der Waals surface area contributed by atoms with Crippen LogP contribution in [-0.4, -0.2) is 68.1 Å². The van der Waals surface area contributed by atoms with Crippen LogP contribution in [0.4, 0.5) is 0 Å². The van der Waals surface area contributed by atoms with E-state index in [1.54, 1.807) is 0 Å². The van der Waals surface area contributed by atoms with E-state index >= 15 is 0 Å². The number of carbonyl (C=O) groups excluding carboxylic acids is 4. The predicted molar refractivity (Wildman–Crippen MR) is 106 cm³/mol. The second kappa shape index (κ2) is 29.3. The average Bonchev–Trinajstić information content (AvgIpc) is 2.67. The van der Waals surface area contributed by atoms with E-state index in [4.69, 9.17) is 0 Å². The van der Waals surface area contributed by atoms with Gasteiger partial charge in [0.2, 0.25) is 0 Å². The van der Waals surface area contributed by atoms with E-state index < -0.39 is 23.9 Å². The molecule has 0 aromatic carbocycles. The smallest absolute Gasteiger partial charge is 0.854 e. The maximum absolute atomic E-state index is 10.6. The molecule has 30 heavy (non-hydrogen) atoms. The minimum atomic E-state index is -1.40. The van der Waals surface area contributed by atoms with Crippen molar-refractivity contribution in [3.63, 3.8) is 0 Å². The summed E-state index contributed by atoms with van der Waals surface area (Å²) in [7, 11) is 0. The molecule has 0 saturated carbocycles. The largest absolute Gasteiger partial charge is 3.00 e. The molecule has 10 heteroatoms. The van der Waals surface area contributed by atoms with Crippen molar-refractivity contribution in [2.24, 2.45) is 0 Å². The molecule has 0 amide bonds. The topological polar surface area (TPSA) is 156 Å². The molecule has 0 heterocycles. The van der Waals surface area contributed by atoms with Gasteiger partial charge in [-0.05, 0) is 25.0 Å². The van der Waals surface area contributed by atoms with Gasteiger partial charge in [-0.15, -0.1) is 6.61 Å². The minimum Gasteiger partial charge on any atom is -0.854 e. The van der Waals surface area contributed by atoms with Gasteiger partial charge in [0.1, 0.15) is 0 Å². The van der Waals surface area contributed by atoms with Crippen LogP contribution in [0.25, 0.3) is 0 Å². The van der Waals surface area contributed by atoms with Crippen LogP contribution >= 0.6 is 0 Å². The Kier molecular flexibility index (Phi) is 34.8. The Morgan fingerprint density at radius 1 is 0.667 bits per heavy atom. The Labute approximate surface area is 195 Å². The first-order chi connectivity index (χ1) is 13.7. The fourth-order valence-electron chi connectivity index (χ4n) is 1.15. The van der Waals surface area contributed by atoms with Gasteiger partial charge in [-0.3, -0.25) is 0 Å². The molecule has 0 saturated heterocycles. The summed E-state index contributed by atoms with van der Waals surface area (Å²) >= 11 is 0. The molecule has 0 rings (SSSR count). The van der Waals surface area contributed by atoms with Crippen molar-refractivity contribution in [3.05, 3.63) is 24.3 Å². The fraction of sp³-hybridized carbons (Fsp3) is 0.600. The summed E-state index contributed by atoms with van der Waals surface area (Å²) in [5.74, 6) is -4.09. The molecule has 0 spiro atoms. The van der Waals surface area contributed by atoms with Gasteiger partial charge in [0.05, 0.1) is 25.2 Å². The van der Waals surface area contributed by atoms with Crippen molar-refractivity contribution in [1.29, 1.82) is 0 Å². The van der Waals surface area contributed by atoms with E-state index in [2.05, 4.69) is 9.47 Å². The number of ether oxygens (including phenoxy) is 2. The summed E-state index contributed by atoms with van der Waals surface area (Å²) in [4.78, 5) is 40.9. The molecule has 170 valence electrons. The fourth-order valence-corrected chi connectivity index (χ4v) is 1.15. The van der Waals surface area contributed by atoms with Gasteiger partial charge in [0.25, 0.3) is 0 Å². The number of carboxylic acid groups (broad SMARTS) is 2. The minimum absolute atomic E-state index is 0. The maximum atomic E-state index is 10.6. The van der Waals surface area contributed by atoms with Gasteiger partial charge in [-0.1, -0.05) is 46.5 Å². The first kappa shape index (κ1) is 35.6. The molecule has 0 aliphatic rings. The van der Waals surface area contributed by atoms with Gasteiger partial charge in [-0.25, -0.2) is 9.59 Å². The zero-order valence-electron chi connectivity index (χ0n) is 17.8. The zero-order chi connectivity index (χ0) is 22.9. The van der Waals surface area contributed by atoms with Gasteiger partial charge >= 0.3 is 36.4 Å². The second-order valence-electron chi connectivity index (χ2n) is 5.40. The van der Waals surface area contributed by atoms with E-state index in [1.165, 1.54) is 0 Å². The summed E-state index contributed by atoms with van der Waals surface area (Å²) in [6.07, 6.45) is 8.26. The van der Waals surface area contributed by atoms with Crippen LogP contribution in [0.15, 0.2) is 24.3 Å². The Hall–Kier alpha value is -1.86. The number of aliphatic carboxylic acids is 2. The molecule has 9 nitrogen and oxygen atoms in total. The Balaban J connectivity index is -0.000000180. The Morgan fingerprint density at radius 2 is 1.00 bits per heavy atom. The molecule has 0 aromatic heterocycles. The third-order valence-electron chi connectivity index (χ3n) is 2.69. The molecule has 0 aromatic rings. The molecule has 0 aliphatic heterocycles. The first-order valence-corrected chi connectivity index (χ1v) is 9.44. The van der Waals surface area contributed by atoms with E-state index in [0.29, 0.717) is 25.4 Å². The number of hydrogen-bond donors (Lipinski definition) is 0. The number of hydrogen-bond acceptors (Lipinski definition) is 9. The van der Waals surface area contributed by atoms with Crippen molar-refractivity contribution < 1.29 is 44.0 Å². The van der Waals surface area contributed by atoms with Crippen LogP contribution in [0.5, 0.6) is 0 Å². The van der Waals surface area contributed by atoms with E-state index in [-0.39, 0.29) is 31.0 Å². The van der Waals surface area contributed by atoms with E-state index in [1.807, 2.05) is 20.8 Å². The summed E-state index contributed by atoms with van der Waals surface area (Å²) < 4.78 is 9.23. The molecule has 0 atom stereocenters. The summed E-state index contributed by atoms with van der Waals surface area (Å²) in [5.41, 5.74) is 0. The van der Waals surface area contributed by atoms with E-state index in [0.717, 1.165) is 50.7 Å². The summed E-state index contributed by atoms with van der Waals surface area (Å²) in [5, 5.41) is 29.2. The standard InChI is InChI=1S/2C8H12O4.C4H9O.Sb/c2*1-2-3-6-12-8(11)5-4-7(9)10;1-2-3-4-5;/h2*4-5H,2-3,6H2,1H3,(H,9,10);2-4H2,1H3;/q;;-1;+3/p-2/b2*5-4+;;. The molecule has 0 unspecified atom stereocenters. The molecule has 0 N–H and O–H groups in total. The van der Waals surface area contributed by atoms with Crippen LogP contribution in [0.3, 0.4) is 0 Å². The Morgan fingerprint density at radius 3 is 1.20 bits per heavy atom. The van der Waals surface area contributed by atoms with Crippen molar-refractivity contribution in [3.8, 4) is 0 Å². The monoisotopic (exact) mass is 536 g/mol. The molecule has 0 bridgehead atoms. The van der Waals surface area contributed by atoms with Crippen LogP contribution in [0.1, 0.15) is 59.3 Å². The molecule has 2 radical (unpaired) electrons. The molecule has 0 fully saturated rings. The number of carbonyl (C=O) groups is 4. The van der Waals surface area contributed by atoms with Gasteiger partial charge in [-0.2, -0.15) is 0 Å². The number of rotatable bonds is 12. The van der Waals surface area contributed by atoms with Crippen LogP contribution in [0, 0.1) is 0 Å². The van der Waals surface area contributed by atoms with Crippen molar-refractivity contribution in [2.45, 2.75) is 59.3 Å². The van der Waals surface area contributed by atoms with Crippen LogP contribution in [0.2, 0.25) is 0 Å². The van der Waals surface area contributed by atoms with Gasteiger partial charge < -0.3 is 34.4 Å². The summed E-state index contributed by atoms with van der Waals surface area (Å²) in [6.45, 7) is 6.68. The number of esters is 2. The van der Waals surface area contributed by atoms with Crippen LogP contribution < -0.4 is 15.3 Å². The number of carboxylic acids is 2. The SMILES string of the molecule is CCCCOC(=O)/C=C/C(=O)[O-].CCCCOC(=O)/C=C/C(=O)[O-].CCCC[O-].[Sb+3].